The highest BCUT2D eigenvalue weighted by atomic mass is 32.1. The van der Waals surface area contributed by atoms with Gasteiger partial charge < -0.3 is 10.2 Å². The van der Waals surface area contributed by atoms with E-state index >= 15 is 0 Å². The Labute approximate surface area is 99.4 Å². The molecule has 1 aliphatic carbocycles. The van der Waals surface area contributed by atoms with Gasteiger partial charge in [0.25, 0.3) is 0 Å². The van der Waals surface area contributed by atoms with Crippen molar-refractivity contribution in [3.05, 3.63) is 0 Å². The number of nitrogens with zero attached hydrogens (tertiary/aromatic N) is 1. The van der Waals surface area contributed by atoms with Crippen LogP contribution in [0.15, 0.2) is 0 Å². The molecule has 0 spiro atoms. The summed E-state index contributed by atoms with van der Waals surface area (Å²) >= 11 is 5.42. The molecule has 1 fully saturated rings. The van der Waals surface area contributed by atoms with E-state index in [0.29, 0.717) is 6.04 Å². The van der Waals surface area contributed by atoms with Gasteiger partial charge in [0, 0.05) is 19.1 Å². The third-order valence-corrected chi connectivity index (χ3v) is 3.85. The van der Waals surface area contributed by atoms with Crippen LogP contribution in [0.2, 0.25) is 0 Å². The van der Waals surface area contributed by atoms with Crippen LogP contribution in [0.5, 0.6) is 0 Å². The second-order valence-electron chi connectivity index (χ2n) is 4.49. The van der Waals surface area contributed by atoms with Gasteiger partial charge in [-0.15, -0.1) is 0 Å². The minimum Gasteiger partial charge on any atom is -0.360 e. The fourth-order valence-electron chi connectivity index (χ4n) is 2.29. The number of thiocarbonyl (C=S) groups is 1. The standard InChI is InChI=1S/C12H24N2S/c1-4-14(5-2)12(15)13-11-9-7-6-8-10(11)3/h10-11H,4-9H2,1-3H3,(H,13,15). The molecule has 0 aromatic heterocycles. The highest BCUT2D eigenvalue weighted by Crippen LogP contribution is 2.23. The van der Waals surface area contributed by atoms with E-state index in [9.17, 15) is 0 Å². The van der Waals surface area contributed by atoms with Gasteiger partial charge in [0.1, 0.15) is 0 Å². The van der Waals surface area contributed by atoms with Crippen molar-refractivity contribution < 1.29 is 0 Å². The average molecular weight is 228 g/mol. The smallest absolute Gasteiger partial charge is 0.169 e. The normalized spacial score (nSPS) is 26.1. The van der Waals surface area contributed by atoms with Crippen molar-refractivity contribution >= 4 is 17.3 Å². The molecule has 1 N–H and O–H groups in total. The molecular weight excluding hydrogens is 204 g/mol. The van der Waals surface area contributed by atoms with E-state index in [1.54, 1.807) is 0 Å². The summed E-state index contributed by atoms with van der Waals surface area (Å²) in [4.78, 5) is 2.22. The molecule has 1 aliphatic rings. The first-order valence-corrected chi connectivity index (χ1v) is 6.65. The van der Waals surface area contributed by atoms with E-state index in [-0.39, 0.29) is 0 Å². The lowest BCUT2D eigenvalue weighted by atomic mass is 9.86. The highest BCUT2D eigenvalue weighted by Gasteiger charge is 2.22. The maximum atomic E-state index is 5.42. The number of rotatable bonds is 3. The summed E-state index contributed by atoms with van der Waals surface area (Å²) in [5.41, 5.74) is 0. The monoisotopic (exact) mass is 228 g/mol. The average Bonchev–Trinajstić information content (AvgIpc) is 2.23. The van der Waals surface area contributed by atoms with Crippen molar-refractivity contribution in [2.45, 2.75) is 52.5 Å². The topological polar surface area (TPSA) is 15.3 Å². The number of hydrogen-bond acceptors (Lipinski definition) is 1. The molecule has 2 unspecified atom stereocenters. The molecule has 1 saturated carbocycles. The van der Waals surface area contributed by atoms with E-state index in [4.69, 9.17) is 12.2 Å². The quantitative estimate of drug-likeness (QED) is 0.748. The van der Waals surface area contributed by atoms with Gasteiger partial charge in [0.05, 0.1) is 0 Å². The van der Waals surface area contributed by atoms with Crippen molar-refractivity contribution in [3.63, 3.8) is 0 Å². The molecule has 0 bridgehead atoms. The summed E-state index contributed by atoms with van der Waals surface area (Å²) in [5, 5.41) is 4.47. The maximum Gasteiger partial charge on any atom is 0.169 e. The highest BCUT2D eigenvalue weighted by molar-refractivity contribution is 7.80. The Bertz CT molecular complexity index is 202. The van der Waals surface area contributed by atoms with Gasteiger partial charge in [-0.25, -0.2) is 0 Å². The second kappa shape index (κ2) is 6.31. The Hall–Kier alpha value is -0.310. The first-order valence-electron chi connectivity index (χ1n) is 6.24. The molecule has 0 aromatic rings. The lowest BCUT2D eigenvalue weighted by Gasteiger charge is -2.33. The Morgan fingerprint density at radius 2 is 1.87 bits per heavy atom. The van der Waals surface area contributed by atoms with Gasteiger partial charge in [0.2, 0.25) is 0 Å². The van der Waals surface area contributed by atoms with Crippen LogP contribution >= 0.6 is 12.2 Å². The zero-order valence-electron chi connectivity index (χ0n) is 10.3. The third-order valence-electron chi connectivity index (χ3n) is 3.47. The van der Waals surface area contributed by atoms with Gasteiger partial charge in [-0.1, -0.05) is 19.8 Å². The summed E-state index contributed by atoms with van der Waals surface area (Å²) in [6, 6.07) is 0.604. The van der Waals surface area contributed by atoms with Crippen LogP contribution < -0.4 is 5.32 Å². The Balaban J connectivity index is 2.41. The van der Waals surface area contributed by atoms with Crippen molar-refractivity contribution in [1.29, 1.82) is 0 Å². The molecule has 3 heteroatoms. The first kappa shape index (κ1) is 12.8. The van der Waals surface area contributed by atoms with E-state index in [1.165, 1.54) is 25.7 Å². The fourth-order valence-corrected chi connectivity index (χ4v) is 2.70. The van der Waals surface area contributed by atoms with Crippen LogP contribution in [-0.2, 0) is 0 Å². The molecule has 88 valence electrons. The van der Waals surface area contributed by atoms with E-state index < -0.39 is 0 Å². The van der Waals surface area contributed by atoms with Gasteiger partial charge >= 0.3 is 0 Å². The maximum absolute atomic E-state index is 5.42. The van der Waals surface area contributed by atoms with Gasteiger partial charge in [0.15, 0.2) is 5.11 Å². The van der Waals surface area contributed by atoms with Gasteiger partial charge in [-0.05, 0) is 44.8 Å². The minimum absolute atomic E-state index is 0.604. The largest absolute Gasteiger partial charge is 0.360 e. The third kappa shape index (κ3) is 3.63. The lowest BCUT2D eigenvalue weighted by Crippen LogP contribution is -2.47. The van der Waals surface area contributed by atoms with E-state index in [1.807, 2.05) is 0 Å². The fraction of sp³-hybridized carbons (Fsp3) is 0.917. The Morgan fingerprint density at radius 3 is 2.40 bits per heavy atom. The van der Waals surface area contributed by atoms with Crippen LogP contribution in [0.4, 0.5) is 0 Å². The minimum atomic E-state index is 0.604. The lowest BCUT2D eigenvalue weighted by molar-refractivity contribution is 0.299. The number of nitrogens with one attached hydrogen (secondary N) is 1. The SMILES string of the molecule is CCN(CC)C(=S)NC1CCCCC1C. The summed E-state index contributed by atoms with van der Waals surface area (Å²) in [5.74, 6) is 0.771. The van der Waals surface area contributed by atoms with Crippen LogP contribution in [0.1, 0.15) is 46.5 Å². The molecule has 0 aliphatic heterocycles. The van der Waals surface area contributed by atoms with Crippen molar-refractivity contribution in [2.24, 2.45) is 5.92 Å². The van der Waals surface area contributed by atoms with Gasteiger partial charge in [-0.3, -0.25) is 0 Å². The Morgan fingerprint density at radius 1 is 1.27 bits per heavy atom. The van der Waals surface area contributed by atoms with E-state index in [0.717, 1.165) is 24.1 Å². The molecule has 15 heavy (non-hydrogen) atoms. The van der Waals surface area contributed by atoms with Gasteiger partial charge in [-0.2, -0.15) is 0 Å². The number of hydrogen-bond donors (Lipinski definition) is 1. The molecule has 1 rings (SSSR count). The molecule has 0 amide bonds. The van der Waals surface area contributed by atoms with E-state index in [2.05, 4.69) is 31.0 Å². The molecule has 0 heterocycles. The summed E-state index contributed by atoms with van der Waals surface area (Å²) in [7, 11) is 0. The predicted molar refractivity (Wildman–Crippen MR) is 70.1 cm³/mol. The second-order valence-corrected chi connectivity index (χ2v) is 4.88. The van der Waals surface area contributed by atoms with Crippen LogP contribution in [0.3, 0.4) is 0 Å². The van der Waals surface area contributed by atoms with Crippen molar-refractivity contribution in [1.82, 2.24) is 10.2 Å². The van der Waals surface area contributed by atoms with Crippen molar-refractivity contribution in [2.75, 3.05) is 13.1 Å². The van der Waals surface area contributed by atoms with Crippen LogP contribution in [0.25, 0.3) is 0 Å². The zero-order valence-corrected chi connectivity index (χ0v) is 11.1. The molecular formula is C12H24N2S. The zero-order chi connectivity index (χ0) is 11.3. The summed E-state index contributed by atoms with van der Waals surface area (Å²) in [6.45, 7) is 8.65. The summed E-state index contributed by atoms with van der Waals surface area (Å²) < 4.78 is 0. The Kier molecular flexibility index (Phi) is 5.37. The molecule has 2 nitrogen and oxygen atoms in total. The predicted octanol–water partition coefficient (Wildman–Crippen LogP) is 2.78. The van der Waals surface area contributed by atoms with Crippen LogP contribution in [-0.4, -0.2) is 29.1 Å². The molecule has 2 atom stereocenters. The van der Waals surface area contributed by atoms with Crippen LogP contribution in [0, 0.1) is 5.92 Å². The molecule has 0 aromatic carbocycles. The molecule has 0 saturated heterocycles. The first-order chi connectivity index (χ1) is 7.19. The summed E-state index contributed by atoms with van der Waals surface area (Å²) in [6.07, 6.45) is 5.36. The molecule has 0 radical (unpaired) electrons. The van der Waals surface area contributed by atoms with Crippen molar-refractivity contribution in [3.8, 4) is 0 Å².